The Balaban J connectivity index is 1.77. The summed E-state index contributed by atoms with van der Waals surface area (Å²) in [6.07, 6.45) is 3.19. The molecule has 4 aromatic rings. The van der Waals surface area contributed by atoms with Gasteiger partial charge in [0, 0.05) is 12.0 Å². The molecule has 0 aliphatic carbocycles. The maximum absolute atomic E-state index is 12.7. The van der Waals surface area contributed by atoms with Gasteiger partial charge in [0.25, 0.3) is 0 Å². The van der Waals surface area contributed by atoms with Gasteiger partial charge >= 0.3 is 6.03 Å². The first-order valence-electron chi connectivity index (χ1n) is 7.76. The number of hydrogen-bond donors (Lipinski definition) is 0. The molecule has 7 heteroatoms. The van der Waals surface area contributed by atoms with Gasteiger partial charge in [0.1, 0.15) is 12.7 Å². The van der Waals surface area contributed by atoms with Crippen LogP contribution < -0.4 is 0 Å². The van der Waals surface area contributed by atoms with Gasteiger partial charge in [-0.3, -0.25) is 0 Å². The van der Waals surface area contributed by atoms with E-state index in [0.29, 0.717) is 18.1 Å². The zero-order valence-electron chi connectivity index (χ0n) is 13.2. The summed E-state index contributed by atoms with van der Waals surface area (Å²) in [6, 6.07) is 18.9. The minimum Gasteiger partial charge on any atom is -0.243 e. The molecule has 0 radical (unpaired) electrons. The van der Waals surface area contributed by atoms with Gasteiger partial charge in [-0.1, -0.05) is 60.7 Å². The topological polar surface area (TPSA) is 78.5 Å². The van der Waals surface area contributed by atoms with E-state index in [0.717, 1.165) is 15.8 Å². The van der Waals surface area contributed by atoms with Crippen molar-refractivity contribution in [2.45, 2.75) is 6.42 Å². The SMILES string of the molecule is O=C(n1cncn1)n1nc(Cc2ccccc2)nc1-c1ccccc1. The minimum absolute atomic E-state index is 0.428. The summed E-state index contributed by atoms with van der Waals surface area (Å²) in [6.45, 7) is 0. The molecule has 4 rings (SSSR count). The van der Waals surface area contributed by atoms with Crippen molar-refractivity contribution in [1.82, 2.24) is 29.5 Å². The Morgan fingerprint density at radius 2 is 1.68 bits per heavy atom. The third-order valence-electron chi connectivity index (χ3n) is 3.68. The second kappa shape index (κ2) is 6.48. The highest BCUT2D eigenvalue weighted by Gasteiger charge is 2.19. The summed E-state index contributed by atoms with van der Waals surface area (Å²) >= 11 is 0. The average Bonchev–Trinajstić information content (AvgIpc) is 3.33. The molecule has 0 fully saturated rings. The van der Waals surface area contributed by atoms with E-state index in [2.05, 4.69) is 20.2 Å². The Morgan fingerprint density at radius 3 is 2.36 bits per heavy atom. The zero-order valence-corrected chi connectivity index (χ0v) is 13.2. The van der Waals surface area contributed by atoms with Crippen LogP contribution in [0.3, 0.4) is 0 Å². The molecule has 7 nitrogen and oxygen atoms in total. The van der Waals surface area contributed by atoms with E-state index in [4.69, 9.17) is 0 Å². The monoisotopic (exact) mass is 330 g/mol. The molecule has 2 aromatic carbocycles. The van der Waals surface area contributed by atoms with E-state index in [1.54, 1.807) is 0 Å². The van der Waals surface area contributed by atoms with Crippen molar-refractivity contribution in [1.29, 1.82) is 0 Å². The number of aromatic nitrogens is 6. The van der Waals surface area contributed by atoms with E-state index >= 15 is 0 Å². The lowest BCUT2D eigenvalue weighted by molar-refractivity contribution is 0.238. The van der Waals surface area contributed by atoms with E-state index in [1.165, 1.54) is 17.3 Å². The molecule has 0 saturated heterocycles. The fourth-order valence-corrected chi connectivity index (χ4v) is 2.52. The Labute approximate surface area is 143 Å². The van der Waals surface area contributed by atoms with Crippen molar-refractivity contribution in [2.24, 2.45) is 0 Å². The molecule has 25 heavy (non-hydrogen) atoms. The highest BCUT2D eigenvalue weighted by atomic mass is 16.2. The van der Waals surface area contributed by atoms with Crippen LogP contribution in [-0.2, 0) is 6.42 Å². The molecule has 0 unspecified atom stereocenters. The van der Waals surface area contributed by atoms with E-state index < -0.39 is 6.03 Å². The number of carbonyl (C=O) groups is 1. The lowest BCUT2D eigenvalue weighted by Crippen LogP contribution is -2.22. The van der Waals surface area contributed by atoms with Crippen molar-refractivity contribution in [2.75, 3.05) is 0 Å². The number of nitrogens with zero attached hydrogens (tertiary/aromatic N) is 6. The number of rotatable bonds is 3. The molecule has 2 heterocycles. The summed E-state index contributed by atoms with van der Waals surface area (Å²) in [5.74, 6) is 1.05. The van der Waals surface area contributed by atoms with Crippen molar-refractivity contribution >= 4 is 6.03 Å². The van der Waals surface area contributed by atoms with Crippen LogP contribution >= 0.6 is 0 Å². The van der Waals surface area contributed by atoms with E-state index in [-0.39, 0.29) is 0 Å². The Kier molecular flexibility index (Phi) is 3.88. The van der Waals surface area contributed by atoms with Crippen LogP contribution in [0.25, 0.3) is 11.4 Å². The van der Waals surface area contributed by atoms with Gasteiger partial charge in [-0.15, -0.1) is 5.10 Å². The first-order chi connectivity index (χ1) is 12.3. The van der Waals surface area contributed by atoms with Crippen LogP contribution in [0.1, 0.15) is 11.4 Å². The molecule has 0 saturated carbocycles. The standard InChI is InChI=1S/C18H14N6O/c25-18(23-13-19-12-20-23)24-17(15-9-5-2-6-10-15)21-16(22-24)11-14-7-3-1-4-8-14/h1-10,12-13H,11H2. The van der Waals surface area contributed by atoms with Gasteiger partial charge in [0.15, 0.2) is 11.6 Å². The first kappa shape index (κ1) is 14.9. The molecule has 0 aliphatic rings. The minimum atomic E-state index is -0.428. The Hall–Kier alpha value is -3.61. The highest BCUT2D eigenvalue weighted by molar-refractivity contribution is 5.81. The van der Waals surface area contributed by atoms with Gasteiger partial charge in [0.05, 0.1) is 0 Å². The Bertz CT molecular complexity index is 977. The number of carbonyl (C=O) groups excluding carboxylic acids is 1. The van der Waals surface area contributed by atoms with Gasteiger partial charge in [0.2, 0.25) is 0 Å². The van der Waals surface area contributed by atoms with Gasteiger partial charge < -0.3 is 0 Å². The normalized spacial score (nSPS) is 10.7. The predicted molar refractivity (Wildman–Crippen MR) is 90.9 cm³/mol. The number of hydrogen-bond acceptors (Lipinski definition) is 5. The van der Waals surface area contributed by atoms with E-state index in [9.17, 15) is 4.79 Å². The summed E-state index contributed by atoms with van der Waals surface area (Å²) in [7, 11) is 0. The van der Waals surface area contributed by atoms with Crippen LogP contribution in [0, 0.1) is 0 Å². The first-order valence-corrected chi connectivity index (χ1v) is 7.76. The van der Waals surface area contributed by atoms with Crippen molar-refractivity contribution < 1.29 is 4.79 Å². The molecule has 122 valence electrons. The van der Waals surface area contributed by atoms with Crippen LogP contribution in [-0.4, -0.2) is 35.6 Å². The molecule has 2 aromatic heterocycles. The van der Waals surface area contributed by atoms with Crippen molar-refractivity contribution in [3.8, 4) is 11.4 Å². The summed E-state index contributed by atoms with van der Waals surface area (Å²) in [5, 5.41) is 8.29. The molecular weight excluding hydrogens is 316 g/mol. The Morgan fingerprint density at radius 1 is 0.960 bits per heavy atom. The fraction of sp³-hybridized carbons (Fsp3) is 0.0556. The maximum Gasteiger partial charge on any atom is 0.372 e. The lowest BCUT2D eigenvalue weighted by atomic mass is 10.1. The second-order valence-corrected chi connectivity index (χ2v) is 5.41. The molecule has 0 aliphatic heterocycles. The van der Waals surface area contributed by atoms with Crippen molar-refractivity contribution in [3.63, 3.8) is 0 Å². The summed E-state index contributed by atoms with van der Waals surface area (Å²) in [5.41, 5.74) is 1.88. The molecule has 0 atom stereocenters. The smallest absolute Gasteiger partial charge is 0.243 e. The predicted octanol–water partition coefficient (Wildman–Crippen LogP) is 2.64. The average molecular weight is 330 g/mol. The maximum atomic E-state index is 12.7. The van der Waals surface area contributed by atoms with Gasteiger partial charge in [-0.2, -0.15) is 14.5 Å². The van der Waals surface area contributed by atoms with Crippen LogP contribution in [0.4, 0.5) is 4.79 Å². The summed E-state index contributed by atoms with van der Waals surface area (Å²) < 4.78 is 2.40. The number of benzene rings is 2. The van der Waals surface area contributed by atoms with Crippen LogP contribution in [0.5, 0.6) is 0 Å². The van der Waals surface area contributed by atoms with Crippen molar-refractivity contribution in [3.05, 3.63) is 84.7 Å². The van der Waals surface area contributed by atoms with Gasteiger partial charge in [-0.05, 0) is 5.56 Å². The fourth-order valence-electron chi connectivity index (χ4n) is 2.52. The molecule has 0 N–H and O–H groups in total. The molecule has 0 amide bonds. The molecular formula is C18H14N6O. The lowest BCUT2D eigenvalue weighted by Gasteiger charge is -2.03. The quantitative estimate of drug-likeness (QED) is 0.577. The van der Waals surface area contributed by atoms with E-state index in [1.807, 2.05) is 60.7 Å². The van der Waals surface area contributed by atoms with Gasteiger partial charge in [-0.25, -0.2) is 14.8 Å². The largest absolute Gasteiger partial charge is 0.372 e. The second-order valence-electron chi connectivity index (χ2n) is 5.41. The summed E-state index contributed by atoms with van der Waals surface area (Å²) in [4.78, 5) is 21.1. The third-order valence-corrected chi connectivity index (χ3v) is 3.68. The molecule has 0 bridgehead atoms. The third kappa shape index (κ3) is 3.07. The van der Waals surface area contributed by atoms with Crippen LogP contribution in [0.2, 0.25) is 0 Å². The highest BCUT2D eigenvalue weighted by Crippen LogP contribution is 2.18. The van der Waals surface area contributed by atoms with Crippen LogP contribution in [0.15, 0.2) is 73.3 Å². The zero-order chi connectivity index (χ0) is 17.1. The molecule has 0 spiro atoms.